The smallest absolute Gasteiger partial charge is 0.231 e. The van der Waals surface area contributed by atoms with Crippen molar-refractivity contribution in [2.24, 2.45) is 0 Å². The van der Waals surface area contributed by atoms with Gasteiger partial charge in [-0.25, -0.2) is 0 Å². The molecule has 1 heterocycles. The van der Waals surface area contributed by atoms with Gasteiger partial charge in [0, 0.05) is 10.6 Å². The van der Waals surface area contributed by atoms with Crippen LogP contribution in [-0.4, -0.2) is 11.5 Å². The Morgan fingerprint density at radius 1 is 1.33 bits per heavy atom. The summed E-state index contributed by atoms with van der Waals surface area (Å²) in [6.07, 6.45) is 1.52. The summed E-state index contributed by atoms with van der Waals surface area (Å²) in [5, 5.41) is 13.8. The molecule has 0 aliphatic carbocycles. The Balaban J connectivity index is 2.20. The normalized spacial score (nSPS) is 12.1. The van der Waals surface area contributed by atoms with Gasteiger partial charge in [-0.1, -0.05) is 18.2 Å². The van der Waals surface area contributed by atoms with Crippen LogP contribution >= 0.6 is 0 Å². The van der Waals surface area contributed by atoms with Crippen LogP contribution in [0, 0.1) is 17.0 Å². The number of hydrogen-bond acceptors (Lipinski definition) is 4. The molecule has 1 N–H and O–H groups in total. The number of rotatable bonds is 5. The number of nitrogens with zero attached hydrogens (tertiary/aromatic N) is 1. The Hall–Kier alpha value is -2.30. The Labute approximate surface area is 105 Å². The van der Waals surface area contributed by atoms with Gasteiger partial charge in [0.05, 0.1) is 6.26 Å². The van der Waals surface area contributed by atoms with Gasteiger partial charge in [0.2, 0.25) is 6.54 Å². The van der Waals surface area contributed by atoms with E-state index >= 15 is 0 Å². The number of aryl methyl sites for hydroxylation is 1. The average Bonchev–Trinajstić information content (AvgIpc) is 2.84. The summed E-state index contributed by atoms with van der Waals surface area (Å²) in [5.41, 5.74) is 1.91. The molecule has 2 aromatic rings. The predicted molar refractivity (Wildman–Crippen MR) is 68.1 cm³/mol. The minimum Gasteiger partial charge on any atom is -0.467 e. The van der Waals surface area contributed by atoms with Crippen LogP contribution in [0.3, 0.4) is 0 Å². The van der Waals surface area contributed by atoms with Crippen LogP contribution in [-0.2, 0) is 0 Å². The molecule has 5 nitrogen and oxygen atoms in total. The van der Waals surface area contributed by atoms with Crippen LogP contribution < -0.4 is 5.32 Å². The highest BCUT2D eigenvalue weighted by atomic mass is 16.6. The van der Waals surface area contributed by atoms with Crippen LogP contribution in [0.2, 0.25) is 0 Å². The maximum Gasteiger partial charge on any atom is 0.231 e. The summed E-state index contributed by atoms with van der Waals surface area (Å²) in [5.74, 6) is 0.565. The molecular formula is C13H14N2O3. The number of benzene rings is 1. The topological polar surface area (TPSA) is 68.3 Å². The van der Waals surface area contributed by atoms with E-state index in [4.69, 9.17) is 4.42 Å². The molecule has 0 spiro atoms. The number of nitro groups is 1. The minimum absolute atomic E-state index is 0.220. The van der Waals surface area contributed by atoms with Crippen LogP contribution in [0.5, 0.6) is 0 Å². The lowest BCUT2D eigenvalue weighted by Crippen LogP contribution is -2.20. The van der Waals surface area contributed by atoms with Gasteiger partial charge in [-0.15, -0.1) is 0 Å². The third kappa shape index (κ3) is 2.88. The number of para-hydroxylation sites is 1. The lowest BCUT2D eigenvalue weighted by atomic mass is 10.1. The molecule has 0 aliphatic heterocycles. The Kier molecular flexibility index (Phi) is 3.62. The van der Waals surface area contributed by atoms with Crippen molar-refractivity contribution in [3.63, 3.8) is 0 Å². The zero-order valence-corrected chi connectivity index (χ0v) is 10.00. The quantitative estimate of drug-likeness (QED) is 0.650. The largest absolute Gasteiger partial charge is 0.467 e. The van der Waals surface area contributed by atoms with Crippen LogP contribution in [0.4, 0.5) is 5.69 Å². The highest BCUT2D eigenvalue weighted by Crippen LogP contribution is 2.22. The highest BCUT2D eigenvalue weighted by Gasteiger charge is 2.20. The van der Waals surface area contributed by atoms with Crippen LogP contribution in [0.25, 0.3) is 0 Å². The first-order valence-corrected chi connectivity index (χ1v) is 5.64. The van der Waals surface area contributed by atoms with E-state index in [0.717, 1.165) is 11.3 Å². The maximum atomic E-state index is 10.7. The summed E-state index contributed by atoms with van der Waals surface area (Å²) in [6, 6.07) is 10.7. The molecule has 2 rings (SSSR count). The monoisotopic (exact) mass is 246 g/mol. The second kappa shape index (κ2) is 5.35. The van der Waals surface area contributed by atoms with Gasteiger partial charge in [-0.05, 0) is 30.7 Å². The third-order valence-electron chi connectivity index (χ3n) is 2.69. The lowest BCUT2D eigenvalue weighted by Gasteiger charge is -2.15. The van der Waals surface area contributed by atoms with Crippen molar-refractivity contribution >= 4 is 5.69 Å². The number of hydrogen-bond donors (Lipinski definition) is 1. The molecule has 94 valence electrons. The fourth-order valence-electron chi connectivity index (χ4n) is 1.77. The zero-order valence-electron chi connectivity index (χ0n) is 10.00. The van der Waals surface area contributed by atoms with E-state index in [1.165, 1.54) is 6.26 Å². The standard InChI is InChI=1S/C13H14N2O3/c1-10-5-2-3-6-11(10)14-12(9-15(16)17)13-7-4-8-18-13/h2-8,12,14H,9H2,1H3. The number of furan rings is 1. The molecule has 0 amide bonds. The molecule has 0 saturated carbocycles. The Bertz CT molecular complexity index is 523. The van der Waals surface area contributed by atoms with Crippen LogP contribution in [0.15, 0.2) is 47.1 Å². The van der Waals surface area contributed by atoms with Gasteiger partial charge in [0.25, 0.3) is 0 Å². The second-order valence-electron chi connectivity index (χ2n) is 4.04. The highest BCUT2D eigenvalue weighted by molar-refractivity contribution is 5.51. The van der Waals surface area contributed by atoms with Gasteiger partial charge in [0.15, 0.2) is 0 Å². The molecule has 0 aliphatic rings. The molecule has 1 aromatic heterocycles. The van der Waals surface area contributed by atoms with Gasteiger partial charge < -0.3 is 9.73 Å². The van der Waals surface area contributed by atoms with E-state index in [-0.39, 0.29) is 11.5 Å². The third-order valence-corrected chi connectivity index (χ3v) is 2.69. The van der Waals surface area contributed by atoms with Gasteiger partial charge >= 0.3 is 0 Å². The summed E-state index contributed by atoms with van der Waals surface area (Å²) in [6.45, 7) is 1.73. The van der Waals surface area contributed by atoms with Crippen LogP contribution in [0.1, 0.15) is 17.4 Å². The first kappa shape index (κ1) is 12.2. The Morgan fingerprint density at radius 3 is 2.72 bits per heavy atom. The zero-order chi connectivity index (χ0) is 13.0. The van der Waals surface area contributed by atoms with Gasteiger partial charge in [-0.3, -0.25) is 10.1 Å². The number of anilines is 1. The Morgan fingerprint density at radius 2 is 2.11 bits per heavy atom. The predicted octanol–water partition coefficient (Wildman–Crippen LogP) is 3.02. The molecule has 0 bridgehead atoms. The van der Waals surface area contributed by atoms with Crippen molar-refractivity contribution < 1.29 is 9.34 Å². The molecule has 1 atom stereocenters. The first-order chi connectivity index (χ1) is 8.66. The molecule has 1 unspecified atom stereocenters. The van der Waals surface area contributed by atoms with Gasteiger partial charge in [-0.2, -0.15) is 0 Å². The maximum absolute atomic E-state index is 10.7. The average molecular weight is 246 g/mol. The summed E-state index contributed by atoms with van der Waals surface area (Å²) in [4.78, 5) is 10.4. The van der Waals surface area contributed by atoms with Gasteiger partial charge in [0.1, 0.15) is 11.8 Å². The van der Waals surface area contributed by atoms with E-state index in [1.54, 1.807) is 12.1 Å². The minimum atomic E-state index is -0.462. The molecule has 1 aromatic carbocycles. The molecule has 0 saturated heterocycles. The van der Waals surface area contributed by atoms with Crippen molar-refractivity contribution in [3.8, 4) is 0 Å². The van der Waals surface area contributed by atoms with Crippen molar-refractivity contribution in [1.29, 1.82) is 0 Å². The van der Waals surface area contributed by atoms with Crippen molar-refractivity contribution in [1.82, 2.24) is 0 Å². The van der Waals surface area contributed by atoms with Crippen molar-refractivity contribution in [2.75, 3.05) is 11.9 Å². The van der Waals surface area contributed by atoms with E-state index in [1.807, 2.05) is 31.2 Å². The fourth-order valence-corrected chi connectivity index (χ4v) is 1.77. The molecule has 0 fully saturated rings. The van der Waals surface area contributed by atoms with E-state index < -0.39 is 6.04 Å². The molecule has 18 heavy (non-hydrogen) atoms. The van der Waals surface area contributed by atoms with E-state index in [0.29, 0.717) is 5.76 Å². The molecule has 5 heteroatoms. The lowest BCUT2D eigenvalue weighted by molar-refractivity contribution is -0.482. The summed E-state index contributed by atoms with van der Waals surface area (Å²) in [7, 11) is 0. The van der Waals surface area contributed by atoms with Crippen molar-refractivity contribution in [3.05, 3.63) is 64.1 Å². The molecular weight excluding hydrogens is 232 g/mol. The SMILES string of the molecule is Cc1ccccc1NC(C[N+](=O)[O-])c1ccco1. The summed E-state index contributed by atoms with van der Waals surface area (Å²) >= 11 is 0. The molecule has 0 radical (unpaired) electrons. The van der Waals surface area contributed by atoms with E-state index in [9.17, 15) is 10.1 Å². The summed E-state index contributed by atoms with van der Waals surface area (Å²) < 4.78 is 5.24. The van der Waals surface area contributed by atoms with E-state index in [2.05, 4.69) is 5.32 Å². The second-order valence-corrected chi connectivity index (χ2v) is 4.04. The fraction of sp³-hybridized carbons (Fsp3) is 0.231. The first-order valence-electron chi connectivity index (χ1n) is 5.64. The number of nitrogens with one attached hydrogen (secondary N) is 1. The van der Waals surface area contributed by atoms with Crippen molar-refractivity contribution in [2.45, 2.75) is 13.0 Å².